The molecule has 2 aromatic rings. The van der Waals surface area contributed by atoms with Gasteiger partial charge in [0, 0.05) is 6.04 Å². The number of imidazole rings is 1. The zero-order valence-electron chi connectivity index (χ0n) is 10.4. The molecule has 1 aromatic carbocycles. The maximum atomic E-state index is 14.1. The SMILES string of the molecule is Fc1c(Cl)cccc1-n1cncc1C1CCCCN1. The van der Waals surface area contributed by atoms with Gasteiger partial charge in [-0.1, -0.05) is 24.1 Å². The maximum absolute atomic E-state index is 14.1. The van der Waals surface area contributed by atoms with Crippen LogP contribution in [0.3, 0.4) is 0 Å². The van der Waals surface area contributed by atoms with Crippen LogP contribution in [0.1, 0.15) is 31.0 Å². The molecule has 0 saturated carbocycles. The van der Waals surface area contributed by atoms with E-state index in [0.29, 0.717) is 5.69 Å². The average molecular weight is 280 g/mol. The molecule has 1 fully saturated rings. The van der Waals surface area contributed by atoms with Gasteiger partial charge in [-0.2, -0.15) is 0 Å². The van der Waals surface area contributed by atoms with Crippen LogP contribution >= 0.6 is 11.6 Å². The smallest absolute Gasteiger partial charge is 0.165 e. The van der Waals surface area contributed by atoms with Crippen LogP contribution in [0.5, 0.6) is 0 Å². The molecule has 0 radical (unpaired) electrons. The van der Waals surface area contributed by atoms with Gasteiger partial charge in [0.05, 0.1) is 28.9 Å². The number of rotatable bonds is 2. The Hall–Kier alpha value is -1.39. The number of benzene rings is 1. The number of hydrogen-bond acceptors (Lipinski definition) is 2. The van der Waals surface area contributed by atoms with Crippen molar-refractivity contribution in [1.29, 1.82) is 0 Å². The van der Waals surface area contributed by atoms with Crippen molar-refractivity contribution in [2.24, 2.45) is 0 Å². The molecule has 1 N–H and O–H groups in total. The van der Waals surface area contributed by atoms with Gasteiger partial charge in [0.25, 0.3) is 0 Å². The molecule has 5 heteroatoms. The first-order valence-electron chi connectivity index (χ1n) is 6.47. The van der Waals surface area contributed by atoms with Crippen LogP contribution in [0.4, 0.5) is 4.39 Å². The molecule has 0 aliphatic carbocycles. The zero-order chi connectivity index (χ0) is 13.2. The molecule has 1 aliphatic heterocycles. The quantitative estimate of drug-likeness (QED) is 0.912. The predicted octanol–water partition coefficient (Wildman–Crippen LogP) is 3.48. The molecule has 1 atom stereocenters. The Kier molecular flexibility index (Phi) is 3.53. The van der Waals surface area contributed by atoms with Crippen molar-refractivity contribution in [1.82, 2.24) is 14.9 Å². The van der Waals surface area contributed by atoms with Gasteiger partial charge in [0.15, 0.2) is 5.82 Å². The van der Waals surface area contributed by atoms with Crippen molar-refractivity contribution in [3.63, 3.8) is 0 Å². The molecule has 0 spiro atoms. The lowest BCUT2D eigenvalue weighted by molar-refractivity contribution is 0.401. The highest BCUT2D eigenvalue weighted by molar-refractivity contribution is 6.30. The van der Waals surface area contributed by atoms with Crippen molar-refractivity contribution in [2.75, 3.05) is 6.54 Å². The van der Waals surface area contributed by atoms with Crippen LogP contribution in [-0.4, -0.2) is 16.1 Å². The van der Waals surface area contributed by atoms with Gasteiger partial charge < -0.3 is 5.32 Å². The van der Waals surface area contributed by atoms with Gasteiger partial charge in [0.2, 0.25) is 0 Å². The van der Waals surface area contributed by atoms with Crippen molar-refractivity contribution < 1.29 is 4.39 Å². The molecule has 1 unspecified atom stereocenters. The van der Waals surface area contributed by atoms with Crippen LogP contribution in [0.15, 0.2) is 30.7 Å². The summed E-state index contributed by atoms with van der Waals surface area (Å²) in [7, 11) is 0. The summed E-state index contributed by atoms with van der Waals surface area (Å²) >= 11 is 5.84. The Morgan fingerprint density at radius 2 is 2.26 bits per heavy atom. The number of nitrogens with zero attached hydrogens (tertiary/aromatic N) is 2. The van der Waals surface area contributed by atoms with Crippen molar-refractivity contribution >= 4 is 11.6 Å². The van der Waals surface area contributed by atoms with E-state index in [2.05, 4.69) is 10.3 Å². The lowest BCUT2D eigenvalue weighted by Crippen LogP contribution is -2.28. The lowest BCUT2D eigenvalue weighted by Gasteiger charge is -2.24. The summed E-state index contributed by atoms with van der Waals surface area (Å²) in [5.41, 5.74) is 1.44. The monoisotopic (exact) mass is 279 g/mol. The third kappa shape index (κ3) is 2.38. The Bertz CT molecular complexity index is 576. The molecule has 3 nitrogen and oxygen atoms in total. The first kappa shape index (κ1) is 12.6. The summed E-state index contributed by atoms with van der Waals surface area (Å²) in [5.74, 6) is -0.403. The van der Waals surface area contributed by atoms with Crippen LogP contribution < -0.4 is 5.32 Å². The minimum Gasteiger partial charge on any atom is -0.309 e. The Balaban J connectivity index is 2.01. The summed E-state index contributed by atoms with van der Waals surface area (Å²) in [5, 5.41) is 3.58. The Labute approximate surface area is 116 Å². The fourth-order valence-corrected chi connectivity index (χ4v) is 2.72. The Morgan fingerprint density at radius 3 is 3.05 bits per heavy atom. The average Bonchev–Trinajstić information content (AvgIpc) is 2.92. The van der Waals surface area contributed by atoms with E-state index < -0.39 is 5.82 Å². The third-order valence-electron chi connectivity index (χ3n) is 3.53. The molecule has 1 aliphatic rings. The van der Waals surface area contributed by atoms with E-state index in [9.17, 15) is 4.39 Å². The molecular formula is C14H15ClFN3. The highest BCUT2D eigenvalue weighted by atomic mass is 35.5. The van der Waals surface area contributed by atoms with Crippen LogP contribution in [0.2, 0.25) is 5.02 Å². The number of piperidine rings is 1. The number of halogens is 2. The highest BCUT2D eigenvalue weighted by Crippen LogP contribution is 2.27. The van der Waals surface area contributed by atoms with Gasteiger partial charge in [-0.15, -0.1) is 0 Å². The van der Waals surface area contributed by atoms with Gasteiger partial charge in [-0.3, -0.25) is 4.57 Å². The van der Waals surface area contributed by atoms with Gasteiger partial charge >= 0.3 is 0 Å². The summed E-state index contributed by atoms with van der Waals surface area (Å²) in [6.07, 6.45) is 6.86. The molecule has 1 aromatic heterocycles. The van der Waals surface area contributed by atoms with E-state index in [4.69, 9.17) is 11.6 Å². The minimum absolute atomic E-state index is 0.133. The van der Waals surface area contributed by atoms with Crippen LogP contribution in [0, 0.1) is 5.82 Å². The Morgan fingerprint density at radius 1 is 1.37 bits per heavy atom. The first-order chi connectivity index (χ1) is 9.27. The molecule has 19 heavy (non-hydrogen) atoms. The fraction of sp³-hybridized carbons (Fsp3) is 0.357. The first-order valence-corrected chi connectivity index (χ1v) is 6.85. The lowest BCUT2D eigenvalue weighted by atomic mass is 10.0. The molecule has 0 amide bonds. The van der Waals surface area contributed by atoms with E-state index >= 15 is 0 Å². The van der Waals surface area contributed by atoms with E-state index in [0.717, 1.165) is 18.7 Å². The second-order valence-electron chi connectivity index (χ2n) is 4.76. The molecule has 3 rings (SSSR count). The molecular weight excluding hydrogens is 265 g/mol. The molecule has 2 heterocycles. The van der Waals surface area contributed by atoms with Crippen LogP contribution in [-0.2, 0) is 0 Å². The second kappa shape index (κ2) is 5.31. The zero-order valence-corrected chi connectivity index (χ0v) is 11.2. The normalized spacial score (nSPS) is 19.6. The van der Waals surface area contributed by atoms with Crippen molar-refractivity contribution in [2.45, 2.75) is 25.3 Å². The van der Waals surface area contributed by atoms with E-state index in [1.54, 1.807) is 35.3 Å². The molecule has 100 valence electrons. The fourth-order valence-electron chi connectivity index (χ4n) is 2.55. The number of nitrogens with one attached hydrogen (secondary N) is 1. The minimum atomic E-state index is -0.403. The summed E-state index contributed by atoms with van der Waals surface area (Å²) < 4.78 is 15.9. The van der Waals surface area contributed by atoms with Gasteiger partial charge in [-0.05, 0) is 31.5 Å². The van der Waals surface area contributed by atoms with Crippen molar-refractivity contribution in [3.8, 4) is 5.69 Å². The summed E-state index contributed by atoms with van der Waals surface area (Å²) in [6.45, 7) is 0.994. The number of hydrogen-bond donors (Lipinski definition) is 1. The summed E-state index contributed by atoms with van der Waals surface area (Å²) in [4.78, 5) is 4.16. The topological polar surface area (TPSA) is 29.9 Å². The van der Waals surface area contributed by atoms with E-state index in [1.165, 1.54) is 12.8 Å². The van der Waals surface area contributed by atoms with Gasteiger partial charge in [-0.25, -0.2) is 9.37 Å². The van der Waals surface area contributed by atoms with E-state index in [1.807, 2.05) is 0 Å². The predicted molar refractivity (Wildman–Crippen MR) is 73.1 cm³/mol. The molecule has 1 saturated heterocycles. The largest absolute Gasteiger partial charge is 0.309 e. The van der Waals surface area contributed by atoms with E-state index in [-0.39, 0.29) is 11.1 Å². The van der Waals surface area contributed by atoms with Crippen LogP contribution in [0.25, 0.3) is 5.69 Å². The summed E-state index contributed by atoms with van der Waals surface area (Å²) in [6, 6.07) is 5.25. The second-order valence-corrected chi connectivity index (χ2v) is 5.17. The molecule has 0 bridgehead atoms. The standard InChI is InChI=1S/C14H15ClFN3/c15-10-4-3-6-12(14(10)16)19-9-17-8-13(19)11-5-1-2-7-18-11/h3-4,6,8-9,11,18H,1-2,5,7H2. The number of aromatic nitrogens is 2. The van der Waals surface area contributed by atoms with Crippen molar-refractivity contribution in [3.05, 3.63) is 47.3 Å². The maximum Gasteiger partial charge on any atom is 0.165 e. The third-order valence-corrected chi connectivity index (χ3v) is 3.82. The van der Waals surface area contributed by atoms with Gasteiger partial charge in [0.1, 0.15) is 0 Å². The highest BCUT2D eigenvalue weighted by Gasteiger charge is 2.20.